The maximum Gasteiger partial charge on any atom is 0.287 e. The van der Waals surface area contributed by atoms with Crippen molar-refractivity contribution in [1.29, 1.82) is 0 Å². The van der Waals surface area contributed by atoms with Crippen LogP contribution >= 0.6 is 0 Å². The summed E-state index contributed by atoms with van der Waals surface area (Å²) >= 11 is 0. The number of nitrogens with zero attached hydrogens (tertiary/aromatic N) is 4. The quantitative estimate of drug-likeness (QED) is 0.511. The highest BCUT2D eigenvalue weighted by Gasteiger charge is 2.27. The van der Waals surface area contributed by atoms with E-state index in [9.17, 15) is 4.79 Å². The molecule has 0 radical (unpaired) electrons. The second-order valence-electron chi connectivity index (χ2n) is 7.45. The molecule has 0 aliphatic heterocycles. The molecule has 1 atom stereocenters. The predicted octanol–water partition coefficient (Wildman–Crippen LogP) is 3.73. The number of aryl methyl sites for hydroxylation is 2. The minimum atomic E-state index is -0.458. The third-order valence-electron chi connectivity index (χ3n) is 4.75. The normalized spacial score (nSPS) is 12.6. The SMILES string of the molecule is Cc1c(C(=O)N[C@H](CC(C)C)c2nc(-c3ncn[nH]3)no2)oc2c(C)cccc12. The molecule has 0 spiro atoms. The summed E-state index contributed by atoms with van der Waals surface area (Å²) in [6.07, 6.45) is 1.99. The first-order valence-electron chi connectivity index (χ1n) is 9.43. The lowest BCUT2D eigenvalue weighted by Gasteiger charge is -2.16. The molecule has 0 fully saturated rings. The summed E-state index contributed by atoms with van der Waals surface area (Å²) in [5.41, 5.74) is 2.51. The van der Waals surface area contributed by atoms with Crippen LogP contribution in [0.2, 0.25) is 0 Å². The van der Waals surface area contributed by atoms with Crippen LogP contribution < -0.4 is 5.32 Å². The lowest BCUT2D eigenvalue weighted by atomic mass is 10.0. The van der Waals surface area contributed by atoms with Gasteiger partial charge >= 0.3 is 0 Å². The smallest absolute Gasteiger partial charge is 0.287 e. The Kier molecular flexibility index (Phi) is 4.87. The Balaban J connectivity index is 1.63. The van der Waals surface area contributed by atoms with Crippen molar-refractivity contribution in [2.45, 2.75) is 40.2 Å². The standard InChI is InChI=1S/C20H22N6O3/c1-10(2)8-14(20-24-18(26-29-20)17-21-9-22-25-17)23-19(27)16-12(4)13-7-5-6-11(3)15(13)28-16/h5-7,9-10,14H,8H2,1-4H3,(H,23,27)(H,21,22,25)/t14-/m1/s1. The number of para-hydroxylation sites is 1. The molecule has 9 nitrogen and oxygen atoms in total. The number of aromatic amines is 1. The van der Waals surface area contributed by atoms with Gasteiger partial charge in [-0.1, -0.05) is 37.2 Å². The van der Waals surface area contributed by atoms with Gasteiger partial charge in [0.2, 0.25) is 11.7 Å². The fourth-order valence-corrected chi connectivity index (χ4v) is 3.30. The van der Waals surface area contributed by atoms with Crippen LogP contribution in [0.4, 0.5) is 0 Å². The summed E-state index contributed by atoms with van der Waals surface area (Å²) in [7, 11) is 0. The first-order valence-corrected chi connectivity index (χ1v) is 9.43. The average molecular weight is 394 g/mol. The molecule has 0 saturated carbocycles. The van der Waals surface area contributed by atoms with Gasteiger partial charge in [0.1, 0.15) is 18.0 Å². The fraction of sp³-hybridized carbons (Fsp3) is 0.350. The van der Waals surface area contributed by atoms with Gasteiger partial charge in [-0.05, 0) is 31.7 Å². The van der Waals surface area contributed by atoms with Gasteiger partial charge in [-0.3, -0.25) is 9.89 Å². The number of amides is 1. The van der Waals surface area contributed by atoms with E-state index in [1.54, 1.807) is 0 Å². The van der Waals surface area contributed by atoms with E-state index in [1.807, 2.05) is 32.0 Å². The van der Waals surface area contributed by atoms with Gasteiger partial charge < -0.3 is 14.3 Å². The van der Waals surface area contributed by atoms with Crippen molar-refractivity contribution in [2.24, 2.45) is 5.92 Å². The van der Waals surface area contributed by atoms with Crippen LogP contribution in [0.1, 0.15) is 53.9 Å². The molecule has 29 heavy (non-hydrogen) atoms. The zero-order chi connectivity index (χ0) is 20.5. The summed E-state index contributed by atoms with van der Waals surface area (Å²) in [6, 6.07) is 5.40. The van der Waals surface area contributed by atoms with Gasteiger partial charge in [-0.25, -0.2) is 4.98 Å². The Bertz CT molecular complexity index is 1140. The molecular formula is C20H22N6O3. The highest BCUT2D eigenvalue weighted by atomic mass is 16.5. The number of rotatable bonds is 6. The number of fused-ring (bicyclic) bond motifs is 1. The molecule has 4 aromatic rings. The number of aromatic nitrogens is 5. The monoisotopic (exact) mass is 394 g/mol. The van der Waals surface area contributed by atoms with Crippen molar-refractivity contribution < 1.29 is 13.7 Å². The molecule has 0 saturated heterocycles. The molecule has 150 valence electrons. The van der Waals surface area contributed by atoms with Gasteiger partial charge in [0.15, 0.2) is 11.6 Å². The predicted molar refractivity (Wildman–Crippen MR) is 105 cm³/mol. The van der Waals surface area contributed by atoms with Gasteiger partial charge in [-0.15, -0.1) is 0 Å². The van der Waals surface area contributed by atoms with E-state index >= 15 is 0 Å². The van der Waals surface area contributed by atoms with E-state index in [4.69, 9.17) is 8.94 Å². The highest BCUT2D eigenvalue weighted by Crippen LogP contribution is 2.29. The van der Waals surface area contributed by atoms with E-state index in [-0.39, 0.29) is 17.5 Å². The molecule has 0 bridgehead atoms. The Hall–Kier alpha value is -3.49. The van der Waals surface area contributed by atoms with Crippen LogP contribution in [0.25, 0.3) is 22.6 Å². The second-order valence-corrected chi connectivity index (χ2v) is 7.45. The van der Waals surface area contributed by atoms with E-state index in [2.05, 4.69) is 44.5 Å². The second kappa shape index (κ2) is 7.50. The average Bonchev–Trinajstić information content (AvgIpc) is 3.41. The van der Waals surface area contributed by atoms with E-state index in [0.29, 0.717) is 24.1 Å². The van der Waals surface area contributed by atoms with Gasteiger partial charge in [-0.2, -0.15) is 10.1 Å². The number of carbonyl (C=O) groups excluding carboxylic acids is 1. The van der Waals surface area contributed by atoms with Crippen molar-refractivity contribution in [3.8, 4) is 11.6 Å². The number of carbonyl (C=O) groups is 1. The molecule has 3 aromatic heterocycles. The van der Waals surface area contributed by atoms with Crippen LogP contribution in [0.15, 0.2) is 33.5 Å². The van der Waals surface area contributed by atoms with E-state index in [0.717, 1.165) is 22.1 Å². The molecule has 3 heterocycles. The number of hydrogen-bond donors (Lipinski definition) is 2. The number of benzene rings is 1. The molecule has 0 aliphatic rings. The first kappa shape index (κ1) is 18.9. The molecule has 1 amide bonds. The largest absolute Gasteiger partial charge is 0.450 e. The Morgan fingerprint density at radius 2 is 2.10 bits per heavy atom. The van der Waals surface area contributed by atoms with E-state index < -0.39 is 6.04 Å². The fourth-order valence-electron chi connectivity index (χ4n) is 3.30. The molecular weight excluding hydrogens is 372 g/mol. The van der Waals surface area contributed by atoms with Gasteiger partial charge in [0, 0.05) is 10.9 Å². The maximum absolute atomic E-state index is 13.0. The Labute approximate surface area is 166 Å². The summed E-state index contributed by atoms with van der Waals surface area (Å²) in [6.45, 7) is 7.95. The molecule has 0 unspecified atom stereocenters. The van der Waals surface area contributed by atoms with Crippen LogP contribution in [-0.4, -0.2) is 31.2 Å². The van der Waals surface area contributed by atoms with Crippen molar-refractivity contribution >= 4 is 16.9 Å². The summed E-state index contributed by atoms with van der Waals surface area (Å²) in [4.78, 5) is 21.4. The minimum Gasteiger partial charge on any atom is -0.450 e. The van der Waals surface area contributed by atoms with E-state index in [1.165, 1.54) is 6.33 Å². The third-order valence-corrected chi connectivity index (χ3v) is 4.75. The Morgan fingerprint density at radius 1 is 1.28 bits per heavy atom. The molecule has 2 N–H and O–H groups in total. The minimum absolute atomic E-state index is 0.288. The van der Waals surface area contributed by atoms with Gasteiger partial charge in [0.05, 0.1) is 0 Å². The third kappa shape index (κ3) is 3.63. The zero-order valence-corrected chi connectivity index (χ0v) is 16.7. The van der Waals surface area contributed by atoms with Crippen molar-refractivity contribution in [1.82, 2.24) is 30.6 Å². The number of H-pyrrole nitrogens is 1. The summed E-state index contributed by atoms with van der Waals surface area (Å²) < 4.78 is 11.3. The molecule has 0 aliphatic carbocycles. The lowest BCUT2D eigenvalue weighted by molar-refractivity contribution is 0.0895. The number of hydrogen-bond acceptors (Lipinski definition) is 7. The molecule has 4 rings (SSSR count). The van der Waals surface area contributed by atoms with Crippen molar-refractivity contribution in [3.05, 3.63) is 47.3 Å². The van der Waals surface area contributed by atoms with Crippen molar-refractivity contribution in [3.63, 3.8) is 0 Å². The maximum atomic E-state index is 13.0. The lowest BCUT2D eigenvalue weighted by Crippen LogP contribution is -2.30. The van der Waals surface area contributed by atoms with Crippen molar-refractivity contribution in [2.75, 3.05) is 0 Å². The summed E-state index contributed by atoms with van der Waals surface area (Å²) in [5.74, 6) is 1.26. The van der Waals surface area contributed by atoms with Crippen LogP contribution in [0.3, 0.4) is 0 Å². The number of furan rings is 1. The molecule has 9 heteroatoms. The zero-order valence-electron chi connectivity index (χ0n) is 16.7. The molecule has 1 aromatic carbocycles. The topological polar surface area (TPSA) is 123 Å². The first-order chi connectivity index (χ1) is 13.9. The van der Waals surface area contributed by atoms with Crippen LogP contribution in [0, 0.1) is 19.8 Å². The number of nitrogens with one attached hydrogen (secondary N) is 2. The summed E-state index contributed by atoms with van der Waals surface area (Å²) in [5, 5.41) is 14.3. The van der Waals surface area contributed by atoms with Crippen LogP contribution in [0.5, 0.6) is 0 Å². The Morgan fingerprint density at radius 3 is 2.79 bits per heavy atom. The van der Waals surface area contributed by atoms with Gasteiger partial charge in [0.25, 0.3) is 5.91 Å². The van der Waals surface area contributed by atoms with Crippen LogP contribution in [-0.2, 0) is 0 Å². The highest BCUT2D eigenvalue weighted by molar-refractivity contribution is 5.99.